The van der Waals surface area contributed by atoms with Crippen LogP contribution in [0, 0.1) is 5.41 Å². The van der Waals surface area contributed by atoms with Crippen LogP contribution in [0.1, 0.15) is 38.2 Å². The second-order valence-electron chi connectivity index (χ2n) is 6.52. The van der Waals surface area contributed by atoms with Gasteiger partial charge in [-0.25, -0.2) is 8.42 Å². The number of thiophene rings is 1. The molecule has 0 aromatic carbocycles. The molecule has 1 atom stereocenters. The summed E-state index contributed by atoms with van der Waals surface area (Å²) >= 11 is 1.16. The van der Waals surface area contributed by atoms with E-state index in [1.165, 1.54) is 6.26 Å². The lowest BCUT2D eigenvalue weighted by Gasteiger charge is -2.19. The van der Waals surface area contributed by atoms with Crippen molar-refractivity contribution >= 4 is 27.1 Å². The summed E-state index contributed by atoms with van der Waals surface area (Å²) in [6.45, 7) is 5.86. The van der Waals surface area contributed by atoms with Crippen LogP contribution in [0.2, 0.25) is 0 Å². The van der Waals surface area contributed by atoms with E-state index in [2.05, 4.69) is 5.32 Å². The van der Waals surface area contributed by atoms with Crippen molar-refractivity contribution in [1.29, 1.82) is 0 Å². The minimum atomic E-state index is -3.61. The number of hydrogen-bond donors (Lipinski definition) is 1. The lowest BCUT2D eigenvalue weighted by atomic mass is 9.92. The van der Waals surface area contributed by atoms with E-state index in [0.717, 1.165) is 11.3 Å². The molecule has 0 spiro atoms. The molecule has 0 aliphatic heterocycles. The SMILES string of the molecule is CC(C)(C)CC(=O)NC[C@H](c1ccco1)S(=O)(=O)c1cccs1. The van der Waals surface area contributed by atoms with Crippen LogP contribution in [0.15, 0.2) is 44.5 Å². The maximum Gasteiger partial charge on any atom is 0.220 e. The van der Waals surface area contributed by atoms with E-state index in [-0.39, 0.29) is 22.1 Å². The van der Waals surface area contributed by atoms with Crippen LogP contribution in [-0.2, 0) is 14.6 Å². The smallest absolute Gasteiger partial charge is 0.220 e. The van der Waals surface area contributed by atoms with Crippen molar-refractivity contribution in [2.24, 2.45) is 5.41 Å². The molecule has 2 aromatic heterocycles. The van der Waals surface area contributed by atoms with Crippen molar-refractivity contribution in [3.8, 4) is 0 Å². The summed E-state index contributed by atoms with van der Waals surface area (Å²) in [6, 6.07) is 6.51. The van der Waals surface area contributed by atoms with Crippen LogP contribution < -0.4 is 5.32 Å². The van der Waals surface area contributed by atoms with Gasteiger partial charge >= 0.3 is 0 Å². The summed E-state index contributed by atoms with van der Waals surface area (Å²) in [5, 5.41) is 3.50. The molecule has 126 valence electrons. The first-order valence-corrected chi connectivity index (χ1v) is 9.70. The van der Waals surface area contributed by atoms with Crippen molar-refractivity contribution in [3.63, 3.8) is 0 Å². The van der Waals surface area contributed by atoms with Gasteiger partial charge in [0.25, 0.3) is 0 Å². The van der Waals surface area contributed by atoms with Crippen LogP contribution in [0.5, 0.6) is 0 Å². The summed E-state index contributed by atoms with van der Waals surface area (Å²) in [4.78, 5) is 12.0. The van der Waals surface area contributed by atoms with Crippen LogP contribution >= 0.6 is 11.3 Å². The van der Waals surface area contributed by atoms with Crippen molar-refractivity contribution in [2.45, 2.75) is 36.7 Å². The summed E-state index contributed by atoms with van der Waals surface area (Å²) < 4.78 is 31.1. The molecule has 0 unspecified atom stereocenters. The highest BCUT2D eigenvalue weighted by atomic mass is 32.2. The fourth-order valence-electron chi connectivity index (χ4n) is 2.15. The van der Waals surface area contributed by atoms with E-state index in [0.29, 0.717) is 12.2 Å². The third-order valence-corrected chi connectivity index (χ3v) is 6.68. The topological polar surface area (TPSA) is 76.4 Å². The van der Waals surface area contributed by atoms with E-state index in [1.807, 2.05) is 20.8 Å². The van der Waals surface area contributed by atoms with Gasteiger partial charge in [0.15, 0.2) is 9.84 Å². The molecule has 0 aliphatic carbocycles. The Labute approximate surface area is 140 Å². The predicted octanol–water partition coefficient (Wildman–Crippen LogP) is 3.41. The van der Waals surface area contributed by atoms with Gasteiger partial charge in [-0.3, -0.25) is 4.79 Å². The predicted molar refractivity (Wildman–Crippen MR) is 90.0 cm³/mol. The largest absolute Gasteiger partial charge is 0.468 e. The normalized spacial score (nSPS) is 13.7. The number of rotatable bonds is 6. The maximum atomic E-state index is 12.8. The summed E-state index contributed by atoms with van der Waals surface area (Å²) in [5.41, 5.74) is -0.156. The Kier molecular flexibility index (Phi) is 5.31. The molecule has 5 nitrogen and oxygen atoms in total. The third kappa shape index (κ3) is 4.68. The van der Waals surface area contributed by atoms with E-state index < -0.39 is 15.1 Å². The molecule has 2 rings (SSSR count). The fraction of sp³-hybridized carbons (Fsp3) is 0.438. The number of sulfone groups is 1. The zero-order valence-corrected chi connectivity index (χ0v) is 15.0. The first kappa shape index (κ1) is 17.7. The number of carbonyl (C=O) groups is 1. The lowest BCUT2D eigenvalue weighted by molar-refractivity contribution is -0.122. The standard InChI is InChI=1S/C16H21NO4S2/c1-16(2,3)10-14(18)17-11-13(12-6-4-8-21-12)23(19,20)15-7-5-9-22-15/h4-9,13H,10-11H2,1-3H3,(H,17,18)/t13-/m1/s1. The molecule has 1 N–H and O–H groups in total. The Morgan fingerprint density at radius 1 is 1.30 bits per heavy atom. The van der Waals surface area contributed by atoms with Gasteiger partial charge < -0.3 is 9.73 Å². The number of carbonyl (C=O) groups excluding carboxylic acids is 1. The van der Waals surface area contributed by atoms with Crippen molar-refractivity contribution in [3.05, 3.63) is 41.7 Å². The van der Waals surface area contributed by atoms with Crippen LogP contribution in [0.25, 0.3) is 0 Å². The monoisotopic (exact) mass is 355 g/mol. The number of furan rings is 1. The molecule has 0 fully saturated rings. The number of nitrogens with one attached hydrogen (secondary N) is 1. The maximum absolute atomic E-state index is 12.8. The van der Waals surface area contributed by atoms with Crippen LogP contribution in [-0.4, -0.2) is 20.9 Å². The highest BCUT2D eigenvalue weighted by Crippen LogP contribution is 2.31. The molecular weight excluding hydrogens is 334 g/mol. The molecule has 1 amide bonds. The van der Waals surface area contributed by atoms with E-state index in [9.17, 15) is 13.2 Å². The van der Waals surface area contributed by atoms with E-state index >= 15 is 0 Å². The van der Waals surface area contributed by atoms with Gasteiger partial charge in [0, 0.05) is 13.0 Å². The minimum Gasteiger partial charge on any atom is -0.468 e. The quantitative estimate of drug-likeness (QED) is 0.861. The van der Waals surface area contributed by atoms with Gasteiger partial charge in [-0.05, 0) is 29.0 Å². The zero-order valence-electron chi connectivity index (χ0n) is 13.4. The highest BCUT2D eigenvalue weighted by molar-refractivity contribution is 7.93. The van der Waals surface area contributed by atoms with Gasteiger partial charge in [0.05, 0.1) is 6.26 Å². The summed E-state index contributed by atoms with van der Waals surface area (Å²) in [5.74, 6) is 0.157. The molecule has 0 saturated carbocycles. The minimum absolute atomic E-state index is 0.0113. The highest BCUT2D eigenvalue weighted by Gasteiger charge is 2.32. The molecule has 0 bridgehead atoms. The number of hydrogen-bond acceptors (Lipinski definition) is 5. The molecule has 0 aliphatic rings. The summed E-state index contributed by atoms with van der Waals surface area (Å²) in [6.07, 6.45) is 1.76. The first-order valence-electron chi connectivity index (χ1n) is 7.28. The first-order chi connectivity index (χ1) is 10.7. The van der Waals surface area contributed by atoms with E-state index in [1.54, 1.807) is 29.6 Å². The second kappa shape index (κ2) is 6.88. The van der Waals surface area contributed by atoms with E-state index in [4.69, 9.17) is 4.42 Å². The molecular formula is C16H21NO4S2. The Morgan fingerprint density at radius 3 is 2.57 bits per heavy atom. The lowest BCUT2D eigenvalue weighted by Crippen LogP contribution is -2.33. The molecule has 0 radical (unpaired) electrons. The van der Waals surface area contributed by atoms with Gasteiger partial charge in [0.1, 0.15) is 15.2 Å². The van der Waals surface area contributed by atoms with Crippen molar-refractivity contribution in [2.75, 3.05) is 6.54 Å². The van der Waals surface area contributed by atoms with Gasteiger partial charge in [-0.2, -0.15) is 0 Å². The van der Waals surface area contributed by atoms with Gasteiger partial charge in [0.2, 0.25) is 5.91 Å². The van der Waals surface area contributed by atoms with Crippen LogP contribution in [0.3, 0.4) is 0 Å². The Bertz CT molecular complexity index is 726. The van der Waals surface area contributed by atoms with Crippen LogP contribution in [0.4, 0.5) is 0 Å². The molecule has 2 heterocycles. The van der Waals surface area contributed by atoms with Crippen molar-refractivity contribution < 1.29 is 17.6 Å². The average molecular weight is 355 g/mol. The molecule has 2 aromatic rings. The molecule has 7 heteroatoms. The Balaban J connectivity index is 2.19. The average Bonchev–Trinajstić information content (AvgIpc) is 3.10. The molecule has 0 saturated heterocycles. The fourth-order valence-corrected chi connectivity index (χ4v) is 4.95. The zero-order chi connectivity index (χ0) is 17.1. The van der Waals surface area contributed by atoms with Gasteiger partial charge in [-0.15, -0.1) is 11.3 Å². The number of amides is 1. The van der Waals surface area contributed by atoms with Crippen molar-refractivity contribution in [1.82, 2.24) is 5.32 Å². The third-order valence-electron chi connectivity index (χ3n) is 3.19. The van der Waals surface area contributed by atoms with Gasteiger partial charge in [-0.1, -0.05) is 26.8 Å². The molecule has 23 heavy (non-hydrogen) atoms. The summed E-state index contributed by atoms with van der Waals surface area (Å²) in [7, 11) is -3.61. The second-order valence-corrected chi connectivity index (χ2v) is 9.83. The Hall–Kier alpha value is -1.60. The Morgan fingerprint density at radius 2 is 2.04 bits per heavy atom.